The molecule has 4 nitrogen and oxygen atoms in total. The third kappa shape index (κ3) is 2.57. The zero-order valence-corrected chi connectivity index (χ0v) is 9.65. The number of aromatic nitrogens is 2. The number of hydrogen-bond acceptors (Lipinski definition) is 4. The molecule has 0 aromatic carbocycles. The highest BCUT2D eigenvalue weighted by Gasteiger charge is 2.17. The minimum absolute atomic E-state index is 0.360. The summed E-state index contributed by atoms with van der Waals surface area (Å²) in [5.74, 6) is 0. The Morgan fingerprint density at radius 1 is 1.38 bits per heavy atom. The first-order valence-corrected chi connectivity index (χ1v) is 5.80. The molecule has 1 aromatic heterocycles. The van der Waals surface area contributed by atoms with E-state index in [0.717, 1.165) is 18.5 Å². The van der Waals surface area contributed by atoms with Crippen molar-refractivity contribution in [2.45, 2.75) is 38.2 Å². The van der Waals surface area contributed by atoms with Crippen molar-refractivity contribution in [3.8, 4) is 0 Å². The van der Waals surface area contributed by atoms with Crippen molar-refractivity contribution in [2.75, 3.05) is 13.7 Å². The maximum atomic E-state index is 9.72. The van der Waals surface area contributed by atoms with Gasteiger partial charge in [-0.1, -0.05) is 0 Å². The molecule has 0 amide bonds. The molecule has 0 fully saturated rings. The van der Waals surface area contributed by atoms with Crippen LogP contribution < -0.4 is 0 Å². The highest BCUT2D eigenvalue weighted by molar-refractivity contribution is 5.27. The third-order valence-corrected chi connectivity index (χ3v) is 3.00. The van der Waals surface area contributed by atoms with E-state index >= 15 is 0 Å². The Morgan fingerprint density at radius 3 is 3.00 bits per heavy atom. The summed E-state index contributed by atoms with van der Waals surface area (Å²) in [5.41, 5.74) is 3.42. The number of fused-ring (bicyclic) bond motifs is 1. The lowest BCUT2D eigenvalue weighted by Crippen LogP contribution is -2.20. The van der Waals surface area contributed by atoms with E-state index in [1.165, 1.54) is 24.1 Å². The van der Waals surface area contributed by atoms with Gasteiger partial charge in [0.2, 0.25) is 0 Å². The summed E-state index contributed by atoms with van der Waals surface area (Å²) in [4.78, 5) is 8.60. The van der Waals surface area contributed by atoms with Crippen LogP contribution in [-0.2, 0) is 24.0 Å². The maximum Gasteiger partial charge on any atom is 0.115 e. The van der Waals surface area contributed by atoms with Crippen LogP contribution in [0.5, 0.6) is 0 Å². The van der Waals surface area contributed by atoms with Crippen LogP contribution in [0.1, 0.15) is 29.8 Å². The van der Waals surface area contributed by atoms with Gasteiger partial charge in [0, 0.05) is 24.9 Å². The minimum atomic E-state index is -0.467. The van der Waals surface area contributed by atoms with E-state index in [4.69, 9.17) is 4.74 Å². The van der Waals surface area contributed by atoms with Crippen LogP contribution in [0.2, 0.25) is 0 Å². The van der Waals surface area contributed by atoms with E-state index in [-0.39, 0.29) is 0 Å². The van der Waals surface area contributed by atoms with Crippen LogP contribution in [0.3, 0.4) is 0 Å². The highest BCUT2D eigenvalue weighted by atomic mass is 16.5. The van der Waals surface area contributed by atoms with Crippen LogP contribution in [-0.4, -0.2) is 34.9 Å². The third-order valence-electron chi connectivity index (χ3n) is 3.00. The summed E-state index contributed by atoms with van der Waals surface area (Å²) in [6.45, 7) is 0.360. The lowest BCUT2D eigenvalue weighted by atomic mass is 9.93. The predicted molar refractivity (Wildman–Crippen MR) is 60.3 cm³/mol. The predicted octanol–water partition coefficient (Wildman–Crippen LogP) is 0.905. The number of aliphatic hydroxyl groups excluding tert-OH is 1. The summed E-state index contributed by atoms with van der Waals surface area (Å²) in [7, 11) is 1.60. The number of nitrogens with zero attached hydrogens (tertiary/aromatic N) is 2. The van der Waals surface area contributed by atoms with Crippen LogP contribution in [0, 0.1) is 0 Å². The van der Waals surface area contributed by atoms with E-state index in [0.29, 0.717) is 13.0 Å². The van der Waals surface area contributed by atoms with Gasteiger partial charge in [-0.2, -0.15) is 0 Å². The number of methoxy groups -OCH3 is 1. The molecule has 0 bridgehead atoms. The molecular formula is C12H18N2O2. The van der Waals surface area contributed by atoms with Gasteiger partial charge in [0.05, 0.1) is 12.7 Å². The SMILES string of the molecule is COCC(O)Cc1ncnc2c1CCCC2. The molecule has 1 unspecified atom stereocenters. The normalized spacial score (nSPS) is 16.9. The molecule has 88 valence electrons. The molecular weight excluding hydrogens is 204 g/mol. The Bertz CT molecular complexity index is 355. The molecule has 1 heterocycles. The Morgan fingerprint density at radius 2 is 2.19 bits per heavy atom. The van der Waals surface area contributed by atoms with Crippen molar-refractivity contribution in [3.63, 3.8) is 0 Å². The highest BCUT2D eigenvalue weighted by Crippen LogP contribution is 2.21. The van der Waals surface area contributed by atoms with E-state index < -0.39 is 6.10 Å². The van der Waals surface area contributed by atoms with Crippen molar-refractivity contribution in [1.29, 1.82) is 0 Å². The standard InChI is InChI=1S/C12H18N2O2/c1-16-7-9(15)6-12-10-4-2-3-5-11(10)13-8-14-12/h8-9,15H,2-7H2,1H3. The average Bonchev–Trinajstić information content (AvgIpc) is 2.30. The Hall–Kier alpha value is -1.00. The first-order chi connectivity index (χ1) is 7.81. The van der Waals surface area contributed by atoms with Gasteiger partial charge in [-0.15, -0.1) is 0 Å². The molecule has 2 rings (SSSR count). The van der Waals surface area contributed by atoms with Gasteiger partial charge in [-0.3, -0.25) is 0 Å². The van der Waals surface area contributed by atoms with Crippen molar-refractivity contribution in [3.05, 3.63) is 23.3 Å². The van der Waals surface area contributed by atoms with Crippen LogP contribution >= 0.6 is 0 Å². The van der Waals surface area contributed by atoms with Crippen LogP contribution in [0.25, 0.3) is 0 Å². The largest absolute Gasteiger partial charge is 0.390 e. The lowest BCUT2D eigenvalue weighted by Gasteiger charge is -2.18. The van der Waals surface area contributed by atoms with Crippen molar-refractivity contribution >= 4 is 0 Å². The van der Waals surface area contributed by atoms with E-state index in [1.807, 2.05) is 0 Å². The molecule has 0 spiro atoms. The fourth-order valence-electron chi connectivity index (χ4n) is 2.24. The minimum Gasteiger partial charge on any atom is -0.390 e. The fourth-order valence-corrected chi connectivity index (χ4v) is 2.24. The Labute approximate surface area is 95.7 Å². The van der Waals surface area contributed by atoms with E-state index in [1.54, 1.807) is 13.4 Å². The summed E-state index contributed by atoms with van der Waals surface area (Å²) in [6, 6.07) is 0. The molecule has 4 heteroatoms. The number of hydrogen-bond donors (Lipinski definition) is 1. The van der Waals surface area contributed by atoms with Gasteiger partial charge in [0.25, 0.3) is 0 Å². The Kier molecular flexibility index (Phi) is 3.85. The quantitative estimate of drug-likeness (QED) is 0.822. The molecule has 0 aliphatic heterocycles. The molecule has 1 aliphatic rings. The molecule has 0 radical (unpaired) electrons. The zero-order chi connectivity index (χ0) is 11.4. The molecule has 1 aromatic rings. The van der Waals surface area contributed by atoms with Gasteiger partial charge in [-0.05, 0) is 31.2 Å². The number of aryl methyl sites for hydroxylation is 1. The van der Waals surface area contributed by atoms with Crippen molar-refractivity contribution < 1.29 is 9.84 Å². The molecule has 1 atom stereocenters. The van der Waals surface area contributed by atoms with E-state index in [2.05, 4.69) is 9.97 Å². The second kappa shape index (κ2) is 5.37. The maximum absolute atomic E-state index is 9.72. The Balaban J connectivity index is 2.14. The van der Waals surface area contributed by atoms with Crippen LogP contribution in [0.4, 0.5) is 0 Å². The van der Waals surface area contributed by atoms with Crippen LogP contribution in [0.15, 0.2) is 6.33 Å². The molecule has 0 saturated heterocycles. The summed E-state index contributed by atoms with van der Waals surface area (Å²) in [5, 5.41) is 9.72. The first kappa shape index (κ1) is 11.5. The number of rotatable bonds is 4. The summed E-state index contributed by atoms with van der Waals surface area (Å²) < 4.78 is 4.93. The van der Waals surface area contributed by atoms with Gasteiger partial charge < -0.3 is 9.84 Å². The monoisotopic (exact) mass is 222 g/mol. The second-order valence-corrected chi connectivity index (χ2v) is 4.27. The zero-order valence-electron chi connectivity index (χ0n) is 9.65. The first-order valence-electron chi connectivity index (χ1n) is 5.80. The fraction of sp³-hybridized carbons (Fsp3) is 0.667. The van der Waals surface area contributed by atoms with Crippen molar-refractivity contribution in [1.82, 2.24) is 9.97 Å². The number of aliphatic hydroxyl groups is 1. The topological polar surface area (TPSA) is 55.2 Å². The van der Waals surface area contributed by atoms with Crippen molar-refractivity contribution in [2.24, 2.45) is 0 Å². The van der Waals surface area contributed by atoms with E-state index in [9.17, 15) is 5.11 Å². The smallest absolute Gasteiger partial charge is 0.115 e. The second-order valence-electron chi connectivity index (χ2n) is 4.27. The number of ether oxygens (including phenoxy) is 1. The summed E-state index contributed by atoms with van der Waals surface area (Å²) >= 11 is 0. The van der Waals surface area contributed by atoms with Gasteiger partial charge in [0.1, 0.15) is 6.33 Å². The molecule has 0 saturated carbocycles. The molecule has 16 heavy (non-hydrogen) atoms. The average molecular weight is 222 g/mol. The lowest BCUT2D eigenvalue weighted by molar-refractivity contribution is 0.0642. The summed E-state index contributed by atoms with van der Waals surface area (Å²) in [6.07, 6.45) is 6.22. The molecule has 1 aliphatic carbocycles. The van der Waals surface area contributed by atoms with Gasteiger partial charge in [0.15, 0.2) is 0 Å². The van der Waals surface area contributed by atoms with Gasteiger partial charge >= 0.3 is 0 Å². The van der Waals surface area contributed by atoms with Gasteiger partial charge in [-0.25, -0.2) is 9.97 Å². The molecule has 1 N–H and O–H groups in total.